The van der Waals surface area contributed by atoms with E-state index in [4.69, 9.17) is 0 Å². The quantitative estimate of drug-likeness (QED) is 0.417. The summed E-state index contributed by atoms with van der Waals surface area (Å²) < 4.78 is 0. The van der Waals surface area contributed by atoms with Gasteiger partial charge in [-0.25, -0.2) is 4.98 Å². The number of fused-ring (bicyclic) bond motifs is 1. The first kappa shape index (κ1) is 26.8. The van der Waals surface area contributed by atoms with Gasteiger partial charge in [0.05, 0.1) is 22.2 Å². The van der Waals surface area contributed by atoms with E-state index in [1.807, 2.05) is 39.0 Å². The second-order valence-corrected chi connectivity index (χ2v) is 11.4. The van der Waals surface area contributed by atoms with Crippen LogP contribution in [0.5, 0.6) is 5.75 Å². The fraction of sp³-hybridized carbons (Fsp3) is 0.379. The highest BCUT2D eigenvalue weighted by molar-refractivity contribution is 7.13. The van der Waals surface area contributed by atoms with Gasteiger partial charge >= 0.3 is 0 Å². The zero-order valence-corrected chi connectivity index (χ0v) is 22.9. The van der Waals surface area contributed by atoms with Gasteiger partial charge in [-0.15, -0.1) is 11.3 Å². The summed E-state index contributed by atoms with van der Waals surface area (Å²) in [5, 5.41) is 23.8. The Labute approximate surface area is 231 Å². The number of nitrogens with zero attached hydrogens (tertiary/aromatic N) is 3. The number of benzene rings is 2. The van der Waals surface area contributed by atoms with Crippen LogP contribution in [0.1, 0.15) is 47.4 Å². The summed E-state index contributed by atoms with van der Waals surface area (Å²) in [4.78, 5) is 48.4. The molecule has 3 heterocycles. The molecular weight excluding hydrogens is 516 g/mol. The number of aromatic hydroxyl groups is 1. The molecule has 2 aliphatic rings. The molecule has 0 bridgehead atoms. The zero-order chi connectivity index (χ0) is 27.8. The van der Waals surface area contributed by atoms with Crippen LogP contribution >= 0.6 is 11.3 Å². The van der Waals surface area contributed by atoms with Gasteiger partial charge in [0.15, 0.2) is 0 Å². The number of phenols is 1. The predicted molar refractivity (Wildman–Crippen MR) is 147 cm³/mol. The van der Waals surface area contributed by atoms with Gasteiger partial charge in [0.25, 0.3) is 5.91 Å². The molecule has 3 atom stereocenters. The molecule has 3 N–H and O–H groups in total. The number of nitrogens with one attached hydrogen (secondary N) is 1. The SMILES string of the molecule is Cc1ncsc1-c1ccc(CNC(=O)[C@@H]2C[C@@H](O)CN2C(=O)[C@H](C(C)C)N2Cc3ccccc3C2=O)c(O)c1. The number of aliphatic hydroxyl groups excluding tert-OH is 1. The highest BCUT2D eigenvalue weighted by Gasteiger charge is 2.45. The maximum Gasteiger partial charge on any atom is 0.255 e. The standard InChI is InChI=1S/C29H32N4O5S/c1-16(2)25(33-13-20-6-4-5-7-22(20)28(33)37)29(38)32-14-21(34)11-23(32)27(36)30-12-19-9-8-18(10-24(19)35)26-17(3)31-15-39-26/h4-10,15-16,21,23,25,34-35H,11-14H2,1-3H3,(H,30,36)/t21-,23+,25+/m1/s1. The van der Waals surface area contributed by atoms with Crippen LogP contribution < -0.4 is 5.32 Å². The number of hydrogen-bond donors (Lipinski definition) is 3. The van der Waals surface area contributed by atoms with Crippen molar-refractivity contribution in [2.24, 2.45) is 5.92 Å². The predicted octanol–water partition coefficient (Wildman–Crippen LogP) is 3.08. The number of aliphatic hydroxyl groups is 1. The number of amides is 3. The smallest absolute Gasteiger partial charge is 0.255 e. The second kappa shape index (κ2) is 10.8. The zero-order valence-electron chi connectivity index (χ0n) is 22.1. The molecule has 0 aliphatic carbocycles. The minimum atomic E-state index is -0.880. The summed E-state index contributed by atoms with van der Waals surface area (Å²) in [6, 6.07) is 10.9. The van der Waals surface area contributed by atoms with Gasteiger partial charge in [0, 0.05) is 37.2 Å². The van der Waals surface area contributed by atoms with E-state index in [0.717, 1.165) is 21.7 Å². The maximum absolute atomic E-state index is 13.8. The van der Waals surface area contributed by atoms with Crippen LogP contribution in [0.15, 0.2) is 48.0 Å². The molecule has 1 aromatic heterocycles. The normalized spacial score (nSPS) is 19.5. The molecule has 2 aliphatic heterocycles. The Bertz CT molecular complexity index is 1420. The molecule has 0 saturated carbocycles. The first-order chi connectivity index (χ1) is 18.7. The van der Waals surface area contributed by atoms with Gasteiger partial charge in [-0.05, 0) is 36.1 Å². The van der Waals surface area contributed by atoms with Crippen molar-refractivity contribution in [3.8, 4) is 16.2 Å². The van der Waals surface area contributed by atoms with Crippen molar-refractivity contribution < 1.29 is 24.6 Å². The van der Waals surface area contributed by atoms with Gasteiger partial charge in [-0.2, -0.15) is 0 Å². The first-order valence-electron chi connectivity index (χ1n) is 13.0. The van der Waals surface area contributed by atoms with Gasteiger partial charge < -0.3 is 25.3 Å². The molecule has 0 spiro atoms. The molecule has 0 radical (unpaired) electrons. The molecule has 5 rings (SSSR count). The van der Waals surface area contributed by atoms with Crippen molar-refractivity contribution in [3.05, 3.63) is 70.4 Å². The number of likely N-dealkylation sites (tertiary alicyclic amines) is 1. The Morgan fingerprint density at radius 3 is 2.64 bits per heavy atom. The van der Waals surface area contributed by atoms with E-state index >= 15 is 0 Å². The number of hydrogen-bond acceptors (Lipinski definition) is 7. The molecule has 3 amide bonds. The van der Waals surface area contributed by atoms with Crippen molar-refractivity contribution >= 4 is 29.1 Å². The lowest BCUT2D eigenvalue weighted by Gasteiger charge is -2.35. The van der Waals surface area contributed by atoms with Crippen molar-refractivity contribution in [1.29, 1.82) is 0 Å². The Morgan fingerprint density at radius 2 is 1.97 bits per heavy atom. The van der Waals surface area contributed by atoms with E-state index in [1.165, 1.54) is 16.2 Å². The summed E-state index contributed by atoms with van der Waals surface area (Å²) in [7, 11) is 0. The lowest BCUT2D eigenvalue weighted by atomic mass is 10.0. The largest absolute Gasteiger partial charge is 0.508 e. The number of rotatable bonds is 7. The lowest BCUT2D eigenvalue weighted by Crippen LogP contribution is -2.55. The number of thiazole rings is 1. The number of aromatic nitrogens is 1. The van der Waals surface area contributed by atoms with E-state index in [-0.39, 0.29) is 43.0 Å². The number of phenolic OH excluding ortho intramolecular Hbond substituents is 1. The Balaban J connectivity index is 1.29. The highest BCUT2D eigenvalue weighted by Crippen LogP contribution is 2.32. The Morgan fingerprint density at radius 1 is 1.21 bits per heavy atom. The van der Waals surface area contributed by atoms with Crippen molar-refractivity contribution in [2.75, 3.05) is 6.54 Å². The minimum absolute atomic E-state index is 0.0171. The molecule has 204 valence electrons. The van der Waals surface area contributed by atoms with Crippen molar-refractivity contribution in [1.82, 2.24) is 20.1 Å². The first-order valence-corrected chi connectivity index (χ1v) is 13.9. The van der Waals surface area contributed by atoms with Gasteiger partial charge in [-0.3, -0.25) is 14.4 Å². The van der Waals surface area contributed by atoms with E-state index in [1.54, 1.807) is 34.7 Å². The fourth-order valence-corrected chi connectivity index (χ4v) is 6.29. The van der Waals surface area contributed by atoms with Crippen LogP contribution in [0.3, 0.4) is 0 Å². The summed E-state index contributed by atoms with van der Waals surface area (Å²) in [6.07, 6.45) is -0.745. The van der Waals surface area contributed by atoms with E-state index in [0.29, 0.717) is 17.7 Å². The monoisotopic (exact) mass is 548 g/mol. The fourth-order valence-electron chi connectivity index (χ4n) is 5.49. The molecule has 9 nitrogen and oxygen atoms in total. The van der Waals surface area contributed by atoms with Gasteiger partial charge in [0.1, 0.15) is 17.8 Å². The summed E-state index contributed by atoms with van der Waals surface area (Å²) in [6.45, 7) is 6.06. The third kappa shape index (κ3) is 5.14. The van der Waals surface area contributed by atoms with E-state index in [2.05, 4.69) is 10.3 Å². The number of β-amino-alcohol motifs (C(OH)–C–C–N with tert-alkyl or cyclic N) is 1. The van der Waals surface area contributed by atoms with Crippen molar-refractivity contribution in [2.45, 2.75) is 58.5 Å². The summed E-state index contributed by atoms with van der Waals surface area (Å²) >= 11 is 1.49. The second-order valence-electron chi connectivity index (χ2n) is 10.5. The molecule has 2 aromatic carbocycles. The number of aryl methyl sites for hydroxylation is 1. The molecular formula is C29H32N4O5S. The lowest BCUT2D eigenvalue weighted by molar-refractivity contribution is -0.143. The average Bonchev–Trinajstić information content (AvgIpc) is 3.60. The van der Waals surface area contributed by atoms with Crippen LogP contribution in [-0.4, -0.2) is 67.5 Å². The van der Waals surface area contributed by atoms with Crippen LogP contribution in [0.4, 0.5) is 0 Å². The van der Waals surface area contributed by atoms with E-state index < -0.39 is 24.1 Å². The van der Waals surface area contributed by atoms with Gasteiger partial charge in [0.2, 0.25) is 11.8 Å². The van der Waals surface area contributed by atoms with Crippen LogP contribution in [-0.2, 0) is 22.7 Å². The molecule has 1 fully saturated rings. The summed E-state index contributed by atoms with van der Waals surface area (Å²) in [5.74, 6) is -1.12. The third-order valence-electron chi connectivity index (χ3n) is 7.48. The third-order valence-corrected chi connectivity index (χ3v) is 8.46. The number of carbonyl (C=O) groups is 3. The number of carbonyl (C=O) groups excluding carboxylic acids is 3. The molecule has 39 heavy (non-hydrogen) atoms. The molecule has 10 heteroatoms. The minimum Gasteiger partial charge on any atom is -0.508 e. The Kier molecular flexibility index (Phi) is 7.42. The average molecular weight is 549 g/mol. The summed E-state index contributed by atoms with van der Waals surface area (Å²) in [5.41, 5.74) is 5.46. The molecule has 3 aromatic rings. The van der Waals surface area contributed by atoms with Crippen LogP contribution in [0.2, 0.25) is 0 Å². The van der Waals surface area contributed by atoms with Crippen LogP contribution in [0.25, 0.3) is 10.4 Å². The van der Waals surface area contributed by atoms with E-state index in [9.17, 15) is 24.6 Å². The van der Waals surface area contributed by atoms with Gasteiger partial charge in [-0.1, -0.05) is 44.2 Å². The van der Waals surface area contributed by atoms with Crippen molar-refractivity contribution in [3.63, 3.8) is 0 Å². The topological polar surface area (TPSA) is 123 Å². The highest BCUT2D eigenvalue weighted by atomic mass is 32.1. The van der Waals surface area contributed by atoms with Crippen LogP contribution in [0, 0.1) is 12.8 Å². The molecule has 0 unspecified atom stereocenters. The maximum atomic E-state index is 13.8. The molecule has 1 saturated heterocycles. The Hall–Kier alpha value is -3.76.